The number of carbonyl (C=O) groups is 2. The molecule has 1 N–H and O–H groups in total. The Morgan fingerprint density at radius 2 is 1.88 bits per heavy atom. The lowest BCUT2D eigenvalue weighted by Gasteiger charge is -2.12. The fourth-order valence-electron chi connectivity index (χ4n) is 3.08. The summed E-state index contributed by atoms with van der Waals surface area (Å²) in [7, 11) is 0. The maximum absolute atomic E-state index is 12.7. The summed E-state index contributed by atoms with van der Waals surface area (Å²) in [6.45, 7) is 4.32. The van der Waals surface area contributed by atoms with E-state index in [0.717, 1.165) is 22.3 Å². The maximum atomic E-state index is 12.7. The molecule has 0 spiro atoms. The molecule has 0 atom stereocenters. The Morgan fingerprint density at radius 3 is 2.65 bits per heavy atom. The number of hydrogen-bond acceptors (Lipinski definition) is 4. The first-order chi connectivity index (χ1) is 12.5. The zero-order valence-corrected chi connectivity index (χ0v) is 14.5. The van der Waals surface area contributed by atoms with Crippen LogP contribution in [0.15, 0.2) is 42.1 Å². The van der Waals surface area contributed by atoms with Crippen LogP contribution in [0.2, 0.25) is 0 Å². The zero-order valence-electron chi connectivity index (χ0n) is 14.5. The van der Waals surface area contributed by atoms with Crippen LogP contribution < -0.4 is 14.8 Å². The molecule has 4 rings (SSSR count). The molecule has 2 heterocycles. The number of urea groups is 1. The van der Waals surface area contributed by atoms with Gasteiger partial charge >= 0.3 is 6.03 Å². The minimum atomic E-state index is -0.416. The topological polar surface area (TPSA) is 67.9 Å². The standard InChI is InChI=1S/C20H18N2O4/c1-12-4-3-5-14(6-12)10-22-19(23)16(21-20(22)24)8-15-9-18-17(7-13(15)2)25-11-26-18/h3-9H,10-11H2,1-2H3,(H,21,24)/b16-8+. The number of fused-ring (bicyclic) bond motifs is 1. The number of ether oxygens (including phenoxy) is 2. The average molecular weight is 350 g/mol. The summed E-state index contributed by atoms with van der Waals surface area (Å²) in [5, 5.41) is 2.66. The third kappa shape index (κ3) is 2.90. The van der Waals surface area contributed by atoms with Gasteiger partial charge in [-0.1, -0.05) is 29.8 Å². The molecule has 0 aromatic heterocycles. The van der Waals surface area contributed by atoms with Crippen molar-refractivity contribution in [2.24, 2.45) is 0 Å². The van der Waals surface area contributed by atoms with E-state index in [4.69, 9.17) is 9.47 Å². The van der Waals surface area contributed by atoms with Crippen molar-refractivity contribution in [1.82, 2.24) is 10.2 Å². The molecule has 2 aliphatic heterocycles. The van der Waals surface area contributed by atoms with E-state index >= 15 is 0 Å². The summed E-state index contributed by atoms with van der Waals surface area (Å²) in [6.07, 6.45) is 1.67. The van der Waals surface area contributed by atoms with E-state index in [1.807, 2.05) is 50.2 Å². The predicted octanol–water partition coefficient (Wildman–Crippen LogP) is 3.13. The van der Waals surface area contributed by atoms with Crippen molar-refractivity contribution in [1.29, 1.82) is 0 Å². The Morgan fingerprint density at radius 1 is 1.12 bits per heavy atom. The van der Waals surface area contributed by atoms with E-state index in [2.05, 4.69) is 5.32 Å². The van der Waals surface area contributed by atoms with E-state index in [1.54, 1.807) is 6.08 Å². The van der Waals surface area contributed by atoms with E-state index in [1.165, 1.54) is 4.90 Å². The number of imide groups is 1. The number of hydrogen-bond donors (Lipinski definition) is 1. The average Bonchev–Trinajstić information content (AvgIpc) is 3.15. The van der Waals surface area contributed by atoms with Crippen LogP contribution in [-0.2, 0) is 11.3 Å². The molecule has 0 unspecified atom stereocenters. The van der Waals surface area contributed by atoms with Gasteiger partial charge in [0.15, 0.2) is 11.5 Å². The summed E-state index contributed by atoms with van der Waals surface area (Å²) in [5.41, 5.74) is 3.98. The minimum Gasteiger partial charge on any atom is -0.454 e. The van der Waals surface area contributed by atoms with Crippen molar-refractivity contribution in [3.8, 4) is 11.5 Å². The molecule has 0 aliphatic carbocycles. The van der Waals surface area contributed by atoms with Crippen LogP contribution in [0.3, 0.4) is 0 Å². The third-order valence-corrected chi connectivity index (χ3v) is 4.45. The molecule has 2 aromatic carbocycles. The predicted molar refractivity (Wildman–Crippen MR) is 95.5 cm³/mol. The summed E-state index contributed by atoms with van der Waals surface area (Å²) < 4.78 is 10.7. The Kier molecular flexibility index (Phi) is 3.88. The van der Waals surface area contributed by atoms with Crippen molar-refractivity contribution in [3.05, 3.63) is 64.3 Å². The Labute approximate surface area is 151 Å². The minimum absolute atomic E-state index is 0.189. The van der Waals surface area contributed by atoms with Gasteiger partial charge in [0.05, 0.1) is 6.54 Å². The molecular weight excluding hydrogens is 332 g/mol. The first kappa shape index (κ1) is 16.2. The summed E-state index contributed by atoms with van der Waals surface area (Å²) in [6, 6.07) is 11.0. The van der Waals surface area contributed by atoms with Gasteiger partial charge in [-0.05, 0) is 48.7 Å². The highest BCUT2D eigenvalue weighted by atomic mass is 16.7. The Balaban J connectivity index is 1.60. The summed E-state index contributed by atoms with van der Waals surface area (Å²) in [5.74, 6) is 0.983. The second-order valence-electron chi connectivity index (χ2n) is 6.43. The Hall–Kier alpha value is -3.28. The molecule has 3 amide bonds. The molecule has 2 aromatic rings. The fraction of sp³-hybridized carbons (Fsp3) is 0.200. The lowest BCUT2D eigenvalue weighted by atomic mass is 10.1. The lowest BCUT2D eigenvalue weighted by Crippen LogP contribution is -2.30. The highest BCUT2D eigenvalue weighted by molar-refractivity contribution is 6.14. The number of carbonyl (C=O) groups excluding carboxylic acids is 2. The van der Waals surface area contributed by atoms with Gasteiger partial charge in [-0.25, -0.2) is 4.79 Å². The lowest BCUT2D eigenvalue weighted by molar-refractivity contribution is -0.123. The number of amides is 3. The third-order valence-electron chi connectivity index (χ3n) is 4.45. The molecule has 1 fully saturated rings. The van der Waals surface area contributed by atoms with Crippen molar-refractivity contribution >= 4 is 18.0 Å². The van der Waals surface area contributed by atoms with Gasteiger partial charge in [0.2, 0.25) is 6.79 Å². The first-order valence-electron chi connectivity index (χ1n) is 8.31. The summed E-state index contributed by atoms with van der Waals surface area (Å²) in [4.78, 5) is 26.1. The van der Waals surface area contributed by atoms with E-state index in [9.17, 15) is 9.59 Å². The van der Waals surface area contributed by atoms with Crippen molar-refractivity contribution in [2.45, 2.75) is 20.4 Å². The van der Waals surface area contributed by atoms with Crippen LogP contribution in [0.5, 0.6) is 11.5 Å². The van der Waals surface area contributed by atoms with Gasteiger partial charge in [0.25, 0.3) is 5.91 Å². The number of benzene rings is 2. The smallest absolute Gasteiger partial charge is 0.329 e. The SMILES string of the molecule is Cc1cccc(CN2C(=O)N/C(=C/c3cc4c(cc3C)OCO4)C2=O)c1. The quantitative estimate of drug-likeness (QED) is 0.682. The van der Waals surface area contributed by atoms with Crippen molar-refractivity contribution in [3.63, 3.8) is 0 Å². The second-order valence-corrected chi connectivity index (χ2v) is 6.43. The van der Waals surface area contributed by atoms with Gasteiger partial charge in [-0.15, -0.1) is 0 Å². The van der Waals surface area contributed by atoms with Crippen molar-refractivity contribution < 1.29 is 19.1 Å². The molecule has 6 nitrogen and oxygen atoms in total. The molecular formula is C20H18N2O4. The van der Waals surface area contributed by atoms with Crippen LogP contribution in [0.1, 0.15) is 22.3 Å². The van der Waals surface area contributed by atoms with Gasteiger partial charge in [0, 0.05) is 0 Å². The van der Waals surface area contributed by atoms with E-state index in [0.29, 0.717) is 11.5 Å². The van der Waals surface area contributed by atoms with Crippen LogP contribution in [0.4, 0.5) is 4.79 Å². The van der Waals surface area contributed by atoms with E-state index in [-0.39, 0.29) is 24.9 Å². The van der Waals surface area contributed by atoms with Crippen molar-refractivity contribution in [2.75, 3.05) is 6.79 Å². The normalized spacial score (nSPS) is 17.2. The summed E-state index contributed by atoms with van der Waals surface area (Å²) >= 11 is 0. The van der Waals surface area contributed by atoms with Gasteiger partial charge < -0.3 is 14.8 Å². The maximum Gasteiger partial charge on any atom is 0.329 e. The number of rotatable bonds is 3. The van der Waals surface area contributed by atoms with Crippen LogP contribution in [0.25, 0.3) is 6.08 Å². The van der Waals surface area contributed by atoms with Gasteiger partial charge in [-0.2, -0.15) is 0 Å². The zero-order chi connectivity index (χ0) is 18.3. The molecule has 132 valence electrons. The highest BCUT2D eigenvalue weighted by Gasteiger charge is 2.33. The second kappa shape index (κ2) is 6.22. The molecule has 1 saturated heterocycles. The fourth-order valence-corrected chi connectivity index (χ4v) is 3.08. The molecule has 0 radical (unpaired) electrons. The number of nitrogens with zero attached hydrogens (tertiary/aromatic N) is 1. The van der Waals surface area contributed by atoms with Gasteiger partial charge in [0.1, 0.15) is 5.70 Å². The monoisotopic (exact) mass is 350 g/mol. The molecule has 0 saturated carbocycles. The highest BCUT2D eigenvalue weighted by Crippen LogP contribution is 2.35. The van der Waals surface area contributed by atoms with Crippen LogP contribution in [-0.4, -0.2) is 23.6 Å². The Bertz CT molecular complexity index is 949. The molecule has 0 bridgehead atoms. The van der Waals surface area contributed by atoms with Gasteiger partial charge in [-0.3, -0.25) is 9.69 Å². The molecule has 2 aliphatic rings. The van der Waals surface area contributed by atoms with Crippen LogP contribution in [0, 0.1) is 13.8 Å². The number of aryl methyl sites for hydroxylation is 2. The molecule has 26 heavy (non-hydrogen) atoms. The largest absolute Gasteiger partial charge is 0.454 e. The molecule has 6 heteroatoms. The van der Waals surface area contributed by atoms with Crippen LogP contribution >= 0.6 is 0 Å². The van der Waals surface area contributed by atoms with E-state index < -0.39 is 6.03 Å². The first-order valence-corrected chi connectivity index (χ1v) is 8.31. The number of nitrogens with one attached hydrogen (secondary N) is 1.